The molecule has 0 aliphatic heterocycles. The number of aromatic nitrogens is 6. The third-order valence-electron chi connectivity index (χ3n) is 6.43. The van der Waals surface area contributed by atoms with Gasteiger partial charge in [-0.15, -0.1) is 0 Å². The summed E-state index contributed by atoms with van der Waals surface area (Å²) in [6.07, 6.45) is 3.40. The summed E-state index contributed by atoms with van der Waals surface area (Å²) in [4.78, 5) is 23.0. The topological polar surface area (TPSA) is 97.0 Å². The van der Waals surface area contributed by atoms with E-state index in [0.717, 1.165) is 22.6 Å². The molecule has 0 radical (unpaired) electrons. The lowest BCUT2D eigenvalue weighted by Crippen LogP contribution is -2.09. The van der Waals surface area contributed by atoms with Gasteiger partial charge in [-0.05, 0) is 59.7 Å². The van der Waals surface area contributed by atoms with Crippen LogP contribution in [0, 0.1) is 0 Å². The van der Waals surface area contributed by atoms with Crippen LogP contribution in [-0.4, -0.2) is 49.5 Å². The van der Waals surface area contributed by atoms with E-state index < -0.39 is 0 Å². The van der Waals surface area contributed by atoms with E-state index in [9.17, 15) is 4.79 Å². The second-order valence-corrected chi connectivity index (χ2v) is 8.79. The first-order valence-electron chi connectivity index (χ1n) is 12.1. The largest absolute Gasteiger partial charge is 0.497 e. The standard InChI is InChI=1S/C29H24N6O3/c1-37-21-11-7-19(8-12-21)17-34-28-23(5-3-15-30-28)25(32-34)27(36)26-24-6-4-16-31-29(24)35(33-26)18-20-9-13-22(38-2)14-10-20/h3-16H,17-18H2,1-2H3. The third-order valence-corrected chi connectivity index (χ3v) is 6.43. The Labute approximate surface area is 218 Å². The SMILES string of the molecule is COc1ccc(Cn2nc(C(=O)c3nn(Cc4ccc(OC)cc4)c4ncccc34)c3cccnc32)cc1. The van der Waals surface area contributed by atoms with E-state index in [1.165, 1.54) is 0 Å². The molecule has 6 aromatic rings. The smallest absolute Gasteiger partial charge is 0.234 e. The molecule has 9 nitrogen and oxygen atoms in total. The van der Waals surface area contributed by atoms with Gasteiger partial charge in [-0.1, -0.05) is 24.3 Å². The van der Waals surface area contributed by atoms with Crippen LogP contribution < -0.4 is 9.47 Å². The summed E-state index contributed by atoms with van der Waals surface area (Å²) in [5.74, 6) is 1.28. The van der Waals surface area contributed by atoms with Gasteiger partial charge in [0.1, 0.15) is 22.9 Å². The number of hydrogen-bond donors (Lipinski definition) is 0. The molecule has 0 amide bonds. The number of benzene rings is 2. The number of methoxy groups -OCH3 is 2. The van der Waals surface area contributed by atoms with Crippen LogP contribution >= 0.6 is 0 Å². The summed E-state index contributed by atoms with van der Waals surface area (Å²) in [5.41, 5.74) is 3.90. The van der Waals surface area contributed by atoms with Gasteiger partial charge in [0.2, 0.25) is 5.78 Å². The molecule has 0 unspecified atom stereocenters. The lowest BCUT2D eigenvalue weighted by Gasteiger charge is -2.05. The Kier molecular flexibility index (Phi) is 6.01. The van der Waals surface area contributed by atoms with Gasteiger partial charge < -0.3 is 9.47 Å². The van der Waals surface area contributed by atoms with Crippen LogP contribution in [0.4, 0.5) is 0 Å². The van der Waals surface area contributed by atoms with Crippen LogP contribution in [0.2, 0.25) is 0 Å². The maximum atomic E-state index is 13.9. The summed E-state index contributed by atoms with van der Waals surface area (Å²) < 4.78 is 14.0. The molecule has 0 saturated carbocycles. The van der Waals surface area contributed by atoms with Crippen molar-refractivity contribution >= 4 is 27.9 Å². The molecule has 0 aliphatic carbocycles. The molecular formula is C29H24N6O3. The van der Waals surface area contributed by atoms with E-state index >= 15 is 0 Å². The average molecular weight is 505 g/mol. The van der Waals surface area contributed by atoms with Crippen molar-refractivity contribution in [2.45, 2.75) is 13.1 Å². The normalized spacial score (nSPS) is 11.2. The maximum absolute atomic E-state index is 13.9. The molecule has 0 fully saturated rings. The molecule has 0 bridgehead atoms. The van der Waals surface area contributed by atoms with Crippen molar-refractivity contribution in [2.24, 2.45) is 0 Å². The number of carbonyl (C=O) groups excluding carboxylic acids is 1. The van der Waals surface area contributed by atoms with Gasteiger partial charge in [-0.25, -0.2) is 19.3 Å². The lowest BCUT2D eigenvalue weighted by atomic mass is 10.1. The predicted octanol–water partition coefficient (Wildman–Crippen LogP) is 4.52. The molecule has 0 atom stereocenters. The Morgan fingerprint density at radius 2 is 1.08 bits per heavy atom. The Bertz CT molecular complexity index is 1620. The first-order chi connectivity index (χ1) is 18.6. The summed E-state index contributed by atoms with van der Waals surface area (Å²) in [5, 5.41) is 10.8. The van der Waals surface area contributed by atoms with Gasteiger partial charge in [0.15, 0.2) is 11.3 Å². The summed E-state index contributed by atoms with van der Waals surface area (Å²) >= 11 is 0. The molecule has 9 heteroatoms. The van der Waals surface area contributed by atoms with Gasteiger partial charge in [-0.3, -0.25) is 4.79 Å². The van der Waals surface area contributed by atoms with E-state index in [2.05, 4.69) is 9.97 Å². The first-order valence-corrected chi connectivity index (χ1v) is 12.1. The predicted molar refractivity (Wildman–Crippen MR) is 143 cm³/mol. The highest BCUT2D eigenvalue weighted by Crippen LogP contribution is 2.25. The molecular weight excluding hydrogens is 480 g/mol. The quantitative estimate of drug-likeness (QED) is 0.281. The Morgan fingerprint density at radius 3 is 1.47 bits per heavy atom. The summed E-state index contributed by atoms with van der Waals surface area (Å²) in [6, 6.07) is 22.8. The van der Waals surface area contributed by atoms with E-state index in [0.29, 0.717) is 46.5 Å². The van der Waals surface area contributed by atoms with Crippen LogP contribution in [0.15, 0.2) is 85.2 Å². The molecule has 0 aliphatic rings. The van der Waals surface area contributed by atoms with Gasteiger partial charge >= 0.3 is 0 Å². The minimum absolute atomic E-state index is 0.275. The van der Waals surface area contributed by atoms with Crippen LogP contribution in [0.1, 0.15) is 27.3 Å². The number of carbonyl (C=O) groups is 1. The first kappa shape index (κ1) is 23.4. The summed E-state index contributed by atoms with van der Waals surface area (Å²) in [6.45, 7) is 0.915. The fourth-order valence-corrected chi connectivity index (χ4v) is 4.49. The molecule has 38 heavy (non-hydrogen) atoms. The molecule has 2 aromatic carbocycles. The zero-order valence-corrected chi connectivity index (χ0v) is 20.9. The van der Waals surface area contributed by atoms with Crippen LogP contribution in [-0.2, 0) is 13.1 Å². The van der Waals surface area contributed by atoms with Crippen LogP contribution in [0.25, 0.3) is 22.1 Å². The van der Waals surface area contributed by atoms with Gasteiger partial charge in [0, 0.05) is 12.4 Å². The number of hydrogen-bond acceptors (Lipinski definition) is 7. The van der Waals surface area contributed by atoms with Crippen molar-refractivity contribution in [3.8, 4) is 11.5 Å². The number of pyridine rings is 2. The fourth-order valence-electron chi connectivity index (χ4n) is 4.49. The van der Waals surface area contributed by atoms with Gasteiger partial charge in [-0.2, -0.15) is 10.2 Å². The maximum Gasteiger partial charge on any atom is 0.234 e. The number of rotatable bonds is 8. The van der Waals surface area contributed by atoms with Crippen molar-refractivity contribution in [1.29, 1.82) is 0 Å². The van der Waals surface area contributed by atoms with Crippen LogP contribution in [0.5, 0.6) is 11.5 Å². The summed E-state index contributed by atoms with van der Waals surface area (Å²) in [7, 11) is 3.27. The highest BCUT2D eigenvalue weighted by Gasteiger charge is 2.25. The minimum Gasteiger partial charge on any atom is -0.497 e. The Morgan fingerprint density at radius 1 is 0.658 bits per heavy atom. The highest BCUT2D eigenvalue weighted by atomic mass is 16.5. The number of ketones is 1. The highest BCUT2D eigenvalue weighted by molar-refractivity contribution is 6.18. The monoisotopic (exact) mass is 504 g/mol. The van der Waals surface area contributed by atoms with E-state index in [4.69, 9.17) is 19.7 Å². The van der Waals surface area contributed by atoms with Gasteiger partial charge in [0.05, 0.1) is 38.1 Å². The average Bonchev–Trinajstić information content (AvgIpc) is 3.52. The molecule has 0 saturated heterocycles. The zero-order valence-electron chi connectivity index (χ0n) is 20.9. The van der Waals surface area contributed by atoms with E-state index in [1.807, 2.05) is 60.7 Å². The Hall–Kier alpha value is -5.05. The molecule has 4 aromatic heterocycles. The van der Waals surface area contributed by atoms with E-state index in [1.54, 1.807) is 48.1 Å². The Balaban J connectivity index is 1.39. The second kappa shape index (κ2) is 9.78. The molecule has 4 heterocycles. The van der Waals surface area contributed by atoms with Crippen molar-refractivity contribution in [3.05, 3.63) is 108 Å². The van der Waals surface area contributed by atoms with Crippen molar-refractivity contribution in [2.75, 3.05) is 14.2 Å². The van der Waals surface area contributed by atoms with Gasteiger partial charge in [0.25, 0.3) is 0 Å². The fraction of sp³-hybridized carbons (Fsp3) is 0.138. The van der Waals surface area contributed by atoms with Crippen molar-refractivity contribution < 1.29 is 14.3 Å². The van der Waals surface area contributed by atoms with E-state index in [-0.39, 0.29) is 5.78 Å². The molecule has 6 rings (SSSR count). The number of nitrogens with zero attached hydrogens (tertiary/aromatic N) is 6. The lowest BCUT2D eigenvalue weighted by molar-refractivity contribution is 0.103. The molecule has 188 valence electrons. The minimum atomic E-state index is -0.275. The second-order valence-electron chi connectivity index (χ2n) is 8.79. The van der Waals surface area contributed by atoms with Crippen molar-refractivity contribution in [3.63, 3.8) is 0 Å². The van der Waals surface area contributed by atoms with Crippen LogP contribution in [0.3, 0.4) is 0 Å². The zero-order chi connectivity index (χ0) is 26.1. The number of fused-ring (bicyclic) bond motifs is 2. The molecule has 0 N–H and O–H groups in total. The van der Waals surface area contributed by atoms with Crippen molar-refractivity contribution in [1.82, 2.24) is 29.5 Å². The number of ether oxygens (including phenoxy) is 2. The third kappa shape index (κ3) is 4.24. The molecule has 0 spiro atoms.